The molecular formula is C12H12BrFO3. The van der Waals surface area contributed by atoms with Crippen LogP contribution in [-0.4, -0.2) is 18.9 Å². The van der Waals surface area contributed by atoms with Gasteiger partial charge in [-0.2, -0.15) is 0 Å². The summed E-state index contributed by atoms with van der Waals surface area (Å²) in [5.41, 5.74) is 0.288. The quantitative estimate of drug-likeness (QED) is 0.488. The van der Waals surface area contributed by atoms with Gasteiger partial charge in [-0.1, -0.05) is 6.92 Å². The number of carbonyl (C=O) groups excluding carboxylic acids is 2. The first-order chi connectivity index (χ1) is 8.01. The molecule has 0 aromatic heterocycles. The number of benzene rings is 1. The van der Waals surface area contributed by atoms with Crippen LogP contribution in [0, 0.1) is 11.7 Å². The van der Waals surface area contributed by atoms with Crippen LogP contribution in [0.2, 0.25) is 0 Å². The zero-order valence-electron chi connectivity index (χ0n) is 9.50. The molecule has 0 saturated carbocycles. The highest BCUT2D eigenvalue weighted by Crippen LogP contribution is 2.20. The van der Waals surface area contributed by atoms with Crippen molar-refractivity contribution in [2.45, 2.75) is 13.3 Å². The van der Waals surface area contributed by atoms with E-state index in [2.05, 4.69) is 20.7 Å². The molecule has 92 valence electrons. The molecular weight excluding hydrogens is 291 g/mol. The third kappa shape index (κ3) is 3.12. The van der Waals surface area contributed by atoms with Crippen LogP contribution in [0.5, 0.6) is 0 Å². The van der Waals surface area contributed by atoms with Crippen LogP contribution in [0.15, 0.2) is 22.7 Å². The van der Waals surface area contributed by atoms with E-state index in [-0.39, 0.29) is 15.8 Å². The SMILES string of the molecule is CCC(C(=O)OC)C(=O)c1ccc(F)c(Br)c1. The first-order valence-electron chi connectivity index (χ1n) is 5.08. The minimum atomic E-state index is -0.836. The van der Waals surface area contributed by atoms with E-state index < -0.39 is 17.7 Å². The molecule has 1 rings (SSSR count). The largest absolute Gasteiger partial charge is 0.468 e. The lowest BCUT2D eigenvalue weighted by Crippen LogP contribution is -2.24. The fraction of sp³-hybridized carbons (Fsp3) is 0.333. The van der Waals surface area contributed by atoms with Gasteiger partial charge in [0.2, 0.25) is 0 Å². The summed E-state index contributed by atoms with van der Waals surface area (Å²) in [7, 11) is 1.23. The number of halogens is 2. The molecule has 1 unspecified atom stereocenters. The maximum Gasteiger partial charge on any atom is 0.316 e. The smallest absolute Gasteiger partial charge is 0.316 e. The summed E-state index contributed by atoms with van der Waals surface area (Å²) in [6.45, 7) is 1.72. The summed E-state index contributed by atoms with van der Waals surface area (Å²) in [4.78, 5) is 23.4. The van der Waals surface area contributed by atoms with Crippen LogP contribution in [0.3, 0.4) is 0 Å². The van der Waals surface area contributed by atoms with Crippen molar-refractivity contribution in [2.75, 3.05) is 7.11 Å². The second kappa shape index (κ2) is 5.91. The van der Waals surface area contributed by atoms with Crippen LogP contribution in [0.4, 0.5) is 4.39 Å². The van der Waals surface area contributed by atoms with Gasteiger partial charge >= 0.3 is 5.97 Å². The van der Waals surface area contributed by atoms with Crippen LogP contribution in [-0.2, 0) is 9.53 Å². The summed E-state index contributed by atoms with van der Waals surface area (Å²) in [6.07, 6.45) is 0.348. The number of ketones is 1. The highest BCUT2D eigenvalue weighted by molar-refractivity contribution is 9.10. The van der Waals surface area contributed by atoms with E-state index in [1.807, 2.05) is 0 Å². The Kier molecular flexibility index (Phi) is 4.81. The van der Waals surface area contributed by atoms with Gasteiger partial charge < -0.3 is 4.74 Å². The lowest BCUT2D eigenvalue weighted by molar-refractivity contribution is -0.143. The maximum atomic E-state index is 13.0. The van der Waals surface area contributed by atoms with Gasteiger partial charge in [-0.25, -0.2) is 4.39 Å². The van der Waals surface area contributed by atoms with E-state index in [4.69, 9.17) is 0 Å². The number of esters is 1. The third-order valence-electron chi connectivity index (χ3n) is 2.41. The fourth-order valence-electron chi connectivity index (χ4n) is 1.45. The molecule has 5 heteroatoms. The molecule has 0 aliphatic heterocycles. The number of hydrogen-bond acceptors (Lipinski definition) is 3. The van der Waals surface area contributed by atoms with E-state index in [1.165, 1.54) is 25.3 Å². The number of Topliss-reactive ketones (excluding diaryl/α,β-unsaturated/α-hetero) is 1. The molecule has 3 nitrogen and oxygen atoms in total. The van der Waals surface area contributed by atoms with Crippen molar-refractivity contribution < 1.29 is 18.7 Å². The predicted molar refractivity (Wildman–Crippen MR) is 64.2 cm³/mol. The number of hydrogen-bond donors (Lipinski definition) is 0. The molecule has 17 heavy (non-hydrogen) atoms. The van der Waals surface area contributed by atoms with E-state index in [1.54, 1.807) is 6.92 Å². The molecule has 0 radical (unpaired) electrons. The minimum absolute atomic E-state index is 0.197. The monoisotopic (exact) mass is 302 g/mol. The Labute approximate surface area is 107 Å². The van der Waals surface area contributed by atoms with Crippen LogP contribution in [0.25, 0.3) is 0 Å². The van der Waals surface area contributed by atoms with E-state index >= 15 is 0 Å². The Bertz CT molecular complexity index is 445. The first-order valence-corrected chi connectivity index (χ1v) is 5.87. The summed E-state index contributed by atoms with van der Waals surface area (Å²) in [5.74, 6) is -2.22. The molecule has 0 bridgehead atoms. The van der Waals surface area contributed by atoms with Crippen molar-refractivity contribution in [1.29, 1.82) is 0 Å². The highest BCUT2D eigenvalue weighted by atomic mass is 79.9. The number of methoxy groups -OCH3 is 1. The first kappa shape index (κ1) is 13.8. The van der Waals surface area contributed by atoms with Crippen molar-refractivity contribution in [1.82, 2.24) is 0 Å². The van der Waals surface area contributed by atoms with Crippen molar-refractivity contribution in [2.24, 2.45) is 5.92 Å². The average molecular weight is 303 g/mol. The van der Waals surface area contributed by atoms with Crippen LogP contribution < -0.4 is 0 Å². The lowest BCUT2D eigenvalue weighted by Gasteiger charge is -2.11. The molecule has 1 aromatic rings. The molecule has 1 atom stereocenters. The molecule has 0 saturated heterocycles. The van der Waals surface area contributed by atoms with Gasteiger partial charge in [0.15, 0.2) is 5.78 Å². The second-order valence-electron chi connectivity index (χ2n) is 3.48. The molecule has 0 heterocycles. The Balaban J connectivity index is 3.02. The van der Waals surface area contributed by atoms with Crippen molar-refractivity contribution >= 4 is 27.7 Å². The van der Waals surface area contributed by atoms with Crippen molar-refractivity contribution in [3.05, 3.63) is 34.1 Å². The zero-order chi connectivity index (χ0) is 13.0. The Morgan fingerprint density at radius 1 is 1.47 bits per heavy atom. The third-order valence-corrected chi connectivity index (χ3v) is 3.02. The molecule has 0 aliphatic carbocycles. The predicted octanol–water partition coefficient (Wildman–Crippen LogP) is 2.97. The summed E-state index contributed by atoms with van der Waals surface area (Å²) >= 11 is 3.00. The van der Waals surface area contributed by atoms with Gasteiger partial charge in [0.05, 0.1) is 11.6 Å². The average Bonchev–Trinajstić information content (AvgIpc) is 2.33. The number of ether oxygens (including phenoxy) is 1. The molecule has 0 fully saturated rings. The van der Waals surface area contributed by atoms with Crippen molar-refractivity contribution in [3.63, 3.8) is 0 Å². The Morgan fingerprint density at radius 3 is 2.59 bits per heavy atom. The van der Waals surface area contributed by atoms with Gasteiger partial charge in [-0.3, -0.25) is 9.59 Å². The number of rotatable bonds is 4. The van der Waals surface area contributed by atoms with Gasteiger partial charge in [0, 0.05) is 5.56 Å². The van der Waals surface area contributed by atoms with Crippen LogP contribution in [0.1, 0.15) is 23.7 Å². The molecule has 0 aliphatic rings. The van der Waals surface area contributed by atoms with E-state index in [0.29, 0.717) is 6.42 Å². The standard InChI is InChI=1S/C12H12BrFO3/c1-3-8(12(16)17-2)11(15)7-4-5-10(14)9(13)6-7/h4-6,8H,3H2,1-2H3. The summed E-state index contributed by atoms with van der Waals surface area (Å²) in [5, 5.41) is 0. The van der Waals surface area contributed by atoms with E-state index in [9.17, 15) is 14.0 Å². The van der Waals surface area contributed by atoms with Gasteiger partial charge in [-0.05, 0) is 40.5 Å². The van der Waals surface area contributed by atoms with Crippen LogP contribution >= 0.6 is 15.9 Å². The normalized spacial score (nSPS) is 12.0. The summed E-state index contributed by atoms with van der Waals surface area (Å²) < 4.78 is 17.8. The Morgan fingerprint density at radius 2 is 2.12 bits per heavy atom. The van der Waals surface area contributed by atoms with Gasteiger partial charge in [0.1, 0.15) is 11.7 Å². The molecule has 0 spiro atoms. The fourth-order valence-corrected chi connectivity index (χ4v) is 1.83. The highest BCUT2D eigenvalue weighted by Gasteiger charge is 2.26. The van der Waals surface area contributed by atoms with E-state index in [0.717, 1.165) is 0 Å². The lowest BCUT2D eigenvalue weighted by atomic mass is 9.95. The maximum absolute atomic E-state index is 13.0. The second-order valence-corrected chi connectivity index (χ2v) is 4.33. The topological polar surface area (TPSA) is 43.4 Å². The minimum Gasteiger partial charge on any atom is -0.468 e. The van der Waals surface area contributed by atoms with Crippen molar-refractivity contribution in [3.8, 4) is 0 Å². The van der Waals surface area contributed by atoms with Gasteiger partial charge in [0.25, 0.3) is 0 Å². The molecule has 1 aromatic carbocycles. The zero-order valence-corrected chi connectivity index (χ0v) is 11.1. The molecule has 0 N–H and O–H groups in total. The number of carbonyl (C=O) groups is 2. The Hall–Kier alpha value is -1.23. The molecule has 0 amide bonds. The van der Waals surface area contributed by atoms with Gasteiger partial charge in [-0.15, -0.1) is 0 Å². The summed E-state index contributed by atoms with van der Waals surface area (Å²) in [6, 6.07) is 3.90.